The Balaban J connectivity index is 4.76. The Bertz CT molecular complexity index is 394. The number of amides is 2. The van der Waals surface area contributed by atoms with E-state index in [1.165, 1.54) is 6.08 Å². The van der Waals surface area contributed by atoms with Crippen molar-refractivity contribution in [3.8, 4) is 0 Å². The Kier molecular flexibility index (Phi) is 9.40. The van der Waals surface area contributed by atoms with Gasteiger partial charge in [0.05, 0.1) is 26.4 Å². The first-order valence-electron chi connectivity index (χ1n) is 6.66. The Morgan fingerprint density at radius 2 is 1.57 bits per heavy atom. The van der Waals surface area contributed by atoms with Gasteiger partial charge in [-0.05, 0) is 33.3 Å². The molecule has 0 aromatic carbocycles. The van der Waals surface area contributed by atoms with Gasteiger partial charge in [-0.3, -0.25) is 0 Å². The highest BCUT2D eigenvalue weighted by molar-refractivity contribution is 5.83. The van der Waals surface area contributed by atoms with Crippen molar-refractivity contribution in [2.24, 2.45) is 0 Å². The summed E-state index contributed by atoms with van der Waals surface area (Å²) in [6.07, 6.45) is -0.292. The third-order valence-electron chi connectivity index (χ3n) is 2.05. The largest absolute Gasteiger partial charge is 0.463 e. The molecule has 0 aliphatic heterocycles. The van der Waals surface area contributed by atoms with Gasteiger partial charge in [0.2, 0.25) is 0 Å². The molecule has 0 spiro atoms. The van der Waals surface area contributed by atoms with E-state index in [0.29, 0.717) is 5.57 Å². The number of hydrogen-bond donors (Lipinski definition) is 1. The third-order valence-corrected chi connectivity index (χ3v) is 2.05. The molecular weight excluding hydrogens is 280 g/mol. The van der Waals surface area contributed by atoms with Gasteiger partial charge >= 0.3 is 18.2 Å². The fraction of sp³-hybridized carbons (Fsp3) is 0.615. The number of ether oxygens (including phenoxy) is 3. The maximum atomic E-state index is 11.7. The van der Waals surface area contributed by atoms with Crippen molar-refractivity contribution in [2.45, 2.75) is 27.7 Å². The van der Waals surface area contributed by atoms with Crippen LogP contribution in [-0.4, -0.2) is 49.5 Å². The van der Waals surface area contributed by atoms with Gasteiger partial charge < -0.3 is 14.2 Å². The number of nitrogens with one attached hydrogen (secondary N) is 1. The van der Waals surface area contributed by atoms with Gasteiger partial charge in [0, 0.05) is 6.08 Å². The van der Waals surface area contributed by atoms with Crippen LogP contribution in [0.15, 0.2) is 11.6 Å². The third kappa shape index (κ3) is 8.51. The van der Waals surface area contributed by atoms with Crippen LogP contribution in [0.2, 0.25) is 0 Å². The second-order valence-corrected chi connectivity index (χ2v) is 3.86. The summed E-state index contributed by atoms with van der Waals surface area (Å²) in [6, 6.07) is 0. The fourth-order valence-electron chi connectivity index (χ4n) is 1.30. The molecular formula is C13H22N2O6. The van der Waals surface area contributed by atoms with Crippen LogP contribution in [0.1, 0.15) is 27.7 Å². The molecule has 8 heteroatoms. The van der Waals surface area contributed by atoms with Crippen LogP contribution < -0.4 is 5.43 Å². The Morgan fingerprint density at radius 1 is 1.00 bits per heavy atom. The van der Waals surface area contributed by atoms with Crippen molar-refractivity contribution in [1.82, 2.24) is 10.4 Å². The molecule has 0 saturated heterocycles. The Labute approximate surface area is 124 Å². The van der Waals surface area contributed by atoms with E-state index < -0.39 is 18.2 Å². The molecule has 0 atom stereocenters. The SMILES string of the molecule is CCOC(=O)/C=C(/C)CN(NC(=O)OCC)C(=O)OCC. The second kappa shape index (κ2) is 10.5. The van der Waals surface area contributed by atoms with E-state index in [9.17, 15) is 14.4 Å². The molecule has 0 heterocycles. The first-order valence-corrected chi connectivity index (χ1v) is 6.66. The standard InChI is InChI=1S/C13H22N2O6/c1-5-19-11(16)8-10(4)9-15(13(18)21-7-3)14-12(17)20-6-2/h8H,5-7,9H2,1-4H3,(H,14,17)/b10-8-. The zero-order chi connectivity index (χ0) is 16.3. The summed E-state index contributed by atoms with van der Waals surface area (Å²) < 4.78 is 14.3. The lowest BCUT2D eigenvalue weighted by Crippen LogP contribution is -2.47. The van der Waals surface area contributed by atoms with Gasteiger partial charge in [0.25, 0.3) is 0 Å². The van der Waals surface area contributed by atoms with Crippen LogP contribution in [0.4, 0.5) is 9.59 Å². The van der Waals surface area contributed by atoms with E-state index in [4.69, 9.17) is 14.2 Å². The number of carbonyl (C=O) groups is 3. The van der Waals surface area contributed by atoms with Gasteiger partial charge in [-0.1, -0.05) is 0 Å². The summed E-state index contributed by atoms with van der Waals surface area (Å²) in [4.78, 5) is 34.4. The quantitative estimate of drug-likeness (QED) is 0.347. The molecule has 0 rings (SSSR count). The van der Waals surface area contributed by atoms with Gasteiger partial charge in [-0.25, -0.2) is 24.8 Å². The average Bonchev–Trinajstić information content (AvgIpc) is 2.38. The van der Waals surface area contributed by atoms with Gasteiger partial charge in [-0.15, -0.1) is 0 Å². The van der Waals surface area contributed by atoms with Crippen molar-refractivity contribution in [2.75, 3.05) is 26.4 Å². The van der Waals surface area contributed by atoms with Crippen LogP contribution in [0.3, 0.4) is 0 Å². The predicted octanol–water partition coefficient (Wildman–Crippen LogP) is 1.62. The molecule has 0 aliphatic rings. The lowest BCUT2D eigenvalue weighted by Gasteiger charge is -2.22. The highest BCUT2D eigenvalue weighted by Gasteiger charge is 2.18. The van der Waals surface area contributed by atoms with E-state index in [1.807, 2.05) is 0 Å². The van der Waals surface area contributed by atoms with E-state index in [1.54, 1.807) is 27.7 Å². The summed E-state index contributed by atoms with van der Waals surface area (Å²) in [5.41, 5.74) is 2.76. The minimum atomic E-state index is -0.783. The molecule has 8 nitrogen and oxygen atoms in total. The van der Waals surface area contributed by atoms with E-state index in [2.05, 4.69) is 5.43 Å². The highest BCUT2D eigenvalue weighted by atomic mass is 16.6. The number of hydrazine groups is 1. The van der Waals surface area contributed by atoms with E-state index in [-0.39, 0.29) is 26.4 Å². The minimum absolute atomic E-state index is 0.0313. The Morgan fingerprint density at radius 3 is 2.10 bits per heavy atom. The van der Waals surface area contributed by atoms with Gasteiger partial charge in [0.1, 0.15) is 0 Å². The molecule has 0 unspecified atom stereocenters. The second-order valence-electron chi connectivity index (χ2n) is 3.86. The molecule has 0 radical (unpaired) electrons. The minimum Gasteiger partial charge on any atom is -0.463 e. The number of esters is 1. The molecule has 1 N–H and O–H groups in total. The lowest BCUT2D eigenvalue weighted by atomic mass is 10.3. The number of nitrogens with zero attached hydrogens (tertiary/aromatic N) is 1. The van der Waals surface area contributed by atoms with Crippen LogP contribution in [0.25, 0.3) is 0 Å². The lowest BCUT2D eigenvalue weighted by molar-refractivity contribution is -0.137. The first-order chi connectivity index (χ1) is 9.94. The monoisotopic (exact) mass is 302 g/mol. The van der Waals surface area contributed by atoms with Crippen LogP contribution >= 0.6 is 0 Å². The smallest absolute Gasteiger partial charge is 0.429 e. The van der Waals surface area contributed by atoms with Crippen LogP contribution in [0, 0.1) is 0 Å². The van der Waals surface area contributed by atoms with Crippen molar-refractivity contribution >= 4 is 18.2 Å². The number of rotatable bonds is 6. The molecule has 21 heavy (non-hydrogen) atoms. The van der Waals surface area contributed by atoms with Crippen molar-refractivity contribution in [3.05, 3.63) is 11.6 Å². The summed E-state index contributed by atoms with van der Waals surface area (Å²) in [7, 11) is 0. The van der Waals surface area contributed by atoms with E-state index in [0.717, 1.165) is 5.01 Å². The average molecular weight is 302 g/mol. The molecule has 0 aromatic heterocycles. The topological polar surface area (TPSA) is 94.2 Å². The van der Waals surface area contributed by atoms with Gasteiger partial charge in [-0.2, -0.15) is 0 Å². The fourth-order valence-corrected chi connectivity index (χ4v) is 1.30. The summed E-state index contributed by atoms with van der Waals surface area (Å²) in [5.74, 6) is -0.519. The maximum Gasteiger partial charge on any atom is 0.429 e. The molecule has 0 aliphatic carbocycles. The zero-order valence-corrected chi connectivity index (χ0v) is 12.8. The molecule has 0 bridgehead atoms. The molecule has 0 saturated carbocycles. The van der Waals surface area contributed by atoms with Gasteiger partial charge in [0.15, 0.2) is 0 Å². The van der Waals surface area contributed by atoms with Crippen molar-refractivity contribution in [1.29, 1.82) is 0 Å². The summed E-state index contributed by atoms with van der Waals surface area (Å²) in [5, 5.41) is 0.923. The molecule has 0 fully saturated rings. The number of hydrogen-bond acceptors (Lipinski definition) is 6. The Hall–Kier alpha value is -2.25. The molecule has 120 valence electrons. The summed E-state index contributed by atoms with van der Waals surface area (Å²) >= 11 is 0. The van der Waals surface area contributed by atoms with Crippen LogP contribution in [0.5, 0.6) is 0 Å². The molecule has 2 amide bonds. The predicted molar refractivity (Wildman–Crippen MR) is 74.3 cm³/mol. The van der Waals surface area contributed by atoms with Crippen molar-refractivity contribution < 1.29 is 28.6 Å². The highest BCUT2D eigenvalue weighted by Crippen LogP contribution is 2.01. The van der Waals surface area contributed by atoms with Crippen molar-refractivity contribution in [3.63, 3.8) is 0 Å². The van der Waals surface area contributed by atoms with E-state index >= 15 is 0 Å². The normalized spacial score (nSPS) is 10.6. The first kappa shape index (κ1) is 18.8. The van der Waals surface area contributed by atoms with Crippen LogP contribution in [-0.2, 0) is 19.0 Å². The molecule has 0 aromatic rings. The summed E-state index contributed by atoms with van der Waals surface area (Å²) in [6.45, 7) is 7.13. The maximum absolute atomic E-state index is 11.7. The number of carbonyl (C=O) groups excluding carboxylic acids is 3. The zero-order valence-electron chi connectivity index (χ0n) is 12.8.